The zero-order valence-corrected chi connectivity index (χ0v) is 18.8. The fourth-order valence-electron chi connectivity index (χ4n) is 4.13. The Morgan fingerprint density at radius 3 is 2.75 bits per heavy atom. The molecule has 3 heterocycles. The first-order valence-electron chi connectivity index (χ1n) is 10.00. The van der Waals surface area contributed by atoms with E-state index in [4.69, 9.17) is 16.3 Å². The molecule has 5 rings (SSSR count). The van der Waals surface area contributed by atoms with Gasteiger partial charge in [0.15, 0.2) is 0 Å². The van der Waals surface area contributed by atoms with E-state index >= 15 is 0 Å². The number of amides is 1. The average molecular weight is 468 g/mol. The van der Waals surface area contributed by atoms with E-state index in [1.807, 2.05) is 6.92 Å². The number of aliphatic hydroxyl groups excluding tert-OH is 1. The molecule has 2 atom stereocenters. The van der Waals surface area contributed by atoms with E-state index in [9.17, 15) is 14.7 Å². The van der Waals surface area contributed by atoms with Crippen molar-refractivity contribution in [3.8, 4) is 5.75 Å². The Morgan fingerprint density at radius 1 is 1.22 bits per heavy atom. The molecule has 0 bridgehead atoms. The van der Waals surface area contributed by atoms with Gasteiger partial charge in [0.05, 0.1) is 11.6 Å². The highest BCUT2D eigenvalue weighted by atomic mass is 35.5. The third-order valence-electron chi connectivity index (χ3n) is 5.50. The van der Waals surface area contributed by atoms with Gasteiger partial charge in [-0.1, -0.05) is 35.1 Å². The van der Waals surface area contributed by atoms with Gasteiger partial charge in [-0.15, -0.1) is 10.2 Å². The van der Waals surface area contributed by atoms with Gasteiger partial charge in [0.1, 0.15) is 22.6 Å². The Kier molecular flexibility index (Phi) is 4.98. The minimum atomic E-state index is -0.885. The highest BCUT2D eigenvalue weighted by Gasteiger charge is 2.48. The second-order valence-electron chi connectivity index (χ2n) is 7.78. The Balaban J connectivity index is 1.69. The Hall–Kier alpha value is -3.23. The van der Waals surface area contributed by atoms with Gasteiger partial charge < -0.3 is 9.84 Å². The standard InChI is InChI=1S/C23H18ClN3O4S/c1-11-8-15-9-14(6-7-17(15)31-11)20(28)18-19(13-4-3-5-16(24)10-13)27(22(30)21(18)29)23-26-25-12(2)32-23/h3-7,9-11,19,28H,8H2,1-2H3/b20-18+. The summed E-state index contributed by atoms with van der Waals surface area (Å²) in [6.07, 6.45) is 0.743. The molecule has 0 aliphatic carbocycles. The van der Waals surface area contributed by atoms with Crippen LogP contribution in [0, 0.1) is 6.92 Å². The number of carbonyl (C=O) groups is 2. The lowest BCUT2D eigenvalue weighted by molar-refractivity contribution is -0.132. The van der Waals surface area contributed by atoms with Gasteiger partial charge in [-0.2, -0.15) is 0 Å². The van der Waals surface area contributed by atoms with Crippen LogP contribution in [0.25, 0.3) is 5.76 Å². The largest absolute Gasteiger partial charge is 0.507 e. The number of aromatic nitrogens is 2. The first kappa shape index (κ1) is 20.7. The molecule has 1 fully saturated rings. The van der Waals surface area contributed by atoms with Crippen LogP contribution in [-0.4, -0.2) is 33.1 Å². The van der Waals surface area contributed by atoms with Crippen molar-refractivity contribution in [3.05, 3.63) is 74.8 Å². The number of nitrogens with zero attached hydrogens (tertiary/aromatic N) is 3. The molecule has 0 saturated carbocycles. The zero-order chi connectivity index (χ0) is 22.6. The maximum absolute atomic E-state index is 13.2. The molecule has 0 radical (unpaired) electrons. The summed E-state index contributed by atoms with van der Waals surface area (Å²) in [6.45, 7) is 3.73. The third kappa shape index (κ3) is 3.36. The summed E-state index contributed by atoms with van der Waals surface area (Å²) in [5.74, 6) is -1.05. The van der Waals surface area contributed by atoms with Gasteiger partial charge in [-0.3, -0.25) is 14.5 Å². The predicted molar refractivity (Wildman–Crippen MR) is 121 cm³/mol. The van der Waals surface area contributed by atoms with Crippen LogP contribution in [0.3, 0.4) is 0 Å². The first-order chi connectivity index (χ1) is 15.3. The number of fused-ring (bicyclic) bond motifs is 1. The number of halogens is 1. The number of benzene rings is 2. The number of Topliss-reactive ketones (excluding diaryl/α,β-unsaturated/α-hetero) is 1. The average Bonchev–Trinajstić information content (AvgIpc) is 3.42. The molecule has 2 unspecified atom stereocenters. The maximum atomic E-state index is 13.2. The number of aryl methyl sites for hydroxylation is 1. The van der Waals surface area contributed by atoms with Crippen LogP contribution in [0.1, 0.15) is 34.7 Å². The van der Waals surface area contributed by atoms with Crippen molar-refractivity contribution in [2.75, 3.05) is 4.90 Å². The fourth-order valence-corrected chi connectivity index (χ4v) is 5.04. The van der Waals surface area contributed by atoms with Gasteiger partial charge in [-0.25, -0.2) is 0 Å². The van der Waals surface area contributed by atoms with Crippen LogP contribution in [0.5, 0.6) is 5.75 Å². The summed E-state index contributed by atoms with van der Waals surface area (Å²) in [4.78, 5) is 27.5. The molecule has 2 aromatic carbocycles. The molecule has 3 aromatic rings. The number of ether oxygens (including phenoxy) is 1. The zero-order valence-electron chi connectivity index (χ0n) is 17.2. The quantitative estimate of drug-likeness (QED) is 0.347. The van der Waals surface area contributed by atoms with Crippen molar-refractivity contribution in [1.29, 1.82) is 0 Å². The Labute approximate surface area is 192 Å². The molecule has 9 heteroatoms. The molecule has 1 saturated heterocycles. The summed E-state index contributed by atoms with van der Waals surface area (Å²) < 4.78 is 5.73. The van der Waals surface area contributed by atoms with E-state index in [0.717, 1.165) is 11.3 Å². The topological polar surface area (TPSA) is 92.6 Å². The second kappa shape index (κ2) is 7.72. The third-order valence-corrected chi connectivity index (χ3v) is 6.57. The molecule has 7 nitrogen and oxygen atoms in total. The number of ketones is 1. The van der Waals surface area contributed by atoms with Crippen LogP contribution >= 0.6 is 22.9 Å². The van der Waals surface area contributed by atoms with E-state index in [1.165, 1.54) is 16.2 Å². The normalized spacial score (nSPS) is 21.7. The number of carbonyl (C=O) groups excluding carboxylic acids is 2. The van der Waals surface area contributed by atoms with E-state index in [0.29, 0.717) is 27.6 Å². The molecule has 2 aliphatic rings. The van der Waals surface area contributed by atoms with Gasteiger partial charge in [0, 0.05) is 17.0 Å². The summed E-state index contributed by atoms with van der Waals surface area (Å²) in [5, 5.41) is 20.7. The molecule has 1 aromatic heterocycles. The van der Waals surface area contributed by atoms with Crippen molar-refractivity contribution in [1.82, 2.24) is 10.2 Å². The molecule has 162 valence electrons. The lowest BCUT2D eigenvalue weighted by atomic mass is 9.94. The van der Waals surface area contributed by atoms with Crippen LogP contribution in [0.2, 0.25) is 5.02 Å². The molecule has 1 N–H and O–H groups in total. The van der Waals surface area contributed by atoms with E-state index in [1.54, 1.807) is 49.4 Å². The number of rotatable bonds is 3. The van der Waals surface area contributed by atoms with Crippen molar-refractivity contribution in [2.24, 2.45) is 0 Å². The smallest absolute Gasteiger partial charge is 0.301 e. The minimum absolute atomic E-state index is 0.0166. The van der Waals surface area contributed by atoms with Gasteiger partial charge in [-0.05, 0) is 55.3 Å². The van der Waals surface area contributed by atoms with Crippen LogP contribution in [0.4, 0.5) is 5.13 Å². The first-order valence-corrected chi connectivity index (χ1v) is 11.2. The van der Waals surface area contributed by atoms with Crippen molar-refractivity contribution < 1.29 is 19.4 Å². The molecule has 0 spiro atoms. The van der Waals surface area contributed by atoms with E-state index < -0.39 is 17.7 Å². The van der Waals surface area contributed by atoms with Gasteiger partial charge >= 0.3 is 5.91 Å². The summed E-state index contributed by atoms with van der Waals surface area (Å²) in [7, 11) is 0. The number of hydrogen-bond donors (Lipinski definition) is 1. The predicted octanol–water partition coefficient (Wildman–Crippen LogP) is 4.45. The number of anilines is 1. The monoisotopic (exact) mass is 467 g/mol. The van der Waals surface area contributed by atoms with Crippen molar-refractivity contribution in [2.45, 2.75) is 32.4 Å². The molecule has 2 aliphatic heterocycles. The van der Waals surface area contributed by atoms with Crippen molar-refractivity contribution >= 4 is 45.5 Å². The summed E-state index contributed by atoms with van der Waals surface area (Å²) in [5.41, 5.74) is 1.95. The van der Waals surface area contributed by atoms with Crippen LogP contribution in [-0.2, 0) is 16.0 Å². The minimum Gasteiger partial charge on any atom is -0.507 e. The highest BCUT2D eigenvalue weighted by molar-refractivity contribution is 7.15. The second-order valence-corrected chi connectivity index (χ2v) is 9.38. The molecular weight excluding hydrogens is 450 g/mol. The number of aliphatic hydroxyl groups is 1. The number of hydrogen-bond acceptors (Lipinski definition) is 7. The summed E-state index contributed by atoms with van der Waals surface area (Å²) in [6, 6.07) is 11.2. The van der Waals surface area contributed by atoms with Crippen molar-refractivity contribution in [3.63, 3.8) is 0 Å². The highest BCUT2D eigenvalue weighted by Crippen LogP contribution is 2.44. The lowest BCUT2D eigenvalue weighted by Crippen LogP contribution is -2.29. The molecule has 1 amide bonds. The van der Waals surface area contributed by atoms with Gasteiger partial charge in [0.25, 0.3) is 5.78 Å². The van der Waals surface area contributed by atoms with Crippen LogP contribution < -0.4 is 9.64 Å². The molecule has 32 heavy (non-hydrogen) atoms. The Bertz CT molecular complexity index is 1300. The maximum Gasteiger partial charge on any atom is 0.301 e. The fraction of sp³-hybridized carbons (Fsp3) is 0.217. The summed E-state index contributed by atoms with van der Waals surface area (Å²) >= 11 is 7.41. The van der Waals surface area contributed by atoms with Crippen LogP contribution in [0.15, 0.2) is 48.0 Å². The Morgan fingerprint density at radius 2 is 2.03 bits per heavy atom. The SMILES string of the molecule is Cc1nnc(N2C(=O)C(=O)/C(=C(/O)c3ccc4c(c3)CC(C)O4)C2c2cccc(Cl)c2)s1. The van der Waals surface area contributed by atoms with E-state index in [-0.39, 0.29) is 22.6 Å². The van der Waals surface area contributed by atoms with Gasteiger partial charge in [0.2, 0.25) is 5.13 Å². The lowest BCUT2D eigenvalue weighted by Gasteiger charge is -2.22. The van der Waals surface area contributed by atoms with E-state index in [2.05, 4.69) is 10.2 Å². The molecular formula is C23H18ClN3O4S.